The minimum atomic E-state index is 0.523. The van der Waals surface area contributed by atoms with Crippen LogP contribution in [0.4, 0.5) is 0 Å². The van der Waals surface area contributed by atoms with Crippen molar-refractivity contribution in [3.05, 3.63) is 53.7 Å². The standard InChI is InChI=1S/C17H17N/c1-11(2)16-8-15-7-14-6-12(3)4-5-13(14)9-17(15)18-10-16/h4-11H,1-3H3. The van der Waals surface area contributed by atoms with E-state index in [0.717, 1.165) is 5.52 Å². The molecule has 0 radical (unpaired) electrons. The van der Waals surface area contributed by atoms with Crippen molar-refractivity contribution < 1.29 is 0 Å². The van der Waals surface area contributed by atoms with Gasteiger partial charge in [0.25, 0.3) is 0 Å². The molecule has 0 saturated carbocycles. The molecular weight excluding hydrogens is 218 g/mol. The highest BCUT2D eigenvalue weighted by atomic mass is 14.6. The lowest BCUT2D eigenvalue weighted by Crippen LogP contribution is -1.90. The van der Waals surface area contributed by atoms with Crippen molar-refractivity contribution in [2.45, 2.75) is 26.7 Å². The van der Waals surface area contributed by atoms with E-state index >= 15 is 0 Å². The highest BCUT2D eigenvalue weighted by molar-refractivity contribution is 5.96. The van der Waals surface area contributed by atoms with Crippen molar-refractivity contribution in [2.75, 3.05) is 0 Å². The van der Waals surface area contributed by atoms with Gasteiger partial charge in [-0.3, -0.25) is 4.98 Å². The lowest BCUT2D eigenvalue weighted by molar-refractivity contribution is 0.862. The van der Waals surface area contributed by atoms with E-state index in [1.54, 1.807) is 0 Å². The summed E-state index contributed by atoms with van der Waals surface area (Å²) in [5, 5.41) is 3.79. The Morgan fingerprint density at radius 3 is 2.50 bits per heavy atom. The Balaban J connectivity index is 2.31. The molecule has 0 atom stereocenters. The van der Waals surface area contributed by atoms with Crippen molar-refractivity contribution in [3.8, 4) is 0 Å². The lowest BCUT2D eigenvalue weighted by atomic mass is 10.0. The van der Waals surface area contributed by atoms with Crippen LogP contribution >= 0.6 is 0 Å². The van der Waals surface area contributed by atoms with E-state index in [-0.39, 0.29) is 0 Å². The molecular formula is C17H17N. The number of fused-ring (bicyclic) bond motifs is 2. The van der Waals surface area contributed by atoms with Gasteiger partial charge in [0.05, 0.1) is 5.52 Å². The van der Waals surface area contributed by atoms with Crippen molar-refractivity contribution in [1.29, 1.82) is 0 Å². The van der Waals surface area contributed by atoms with Crippen LogP contribution in [-0.4, -0.2) is 4.98 Å². The molecule has 3 aromatic rings. The molecule has 0 saturated heterocycles. The third kappa shape index (κ3) is 1.86. The summed E-state index contributed by atoms with van der Waals surface area (Å²) in [6, 6.07) is 13.2. The van der Waals surface area contributed by atoms with Gasteiger partial charge >= 0.3 is 0 Å². The SMILES string of the molecule is Cc1ccc2cc3ncc(C(C)C)cc3cc2c1. The molecule has 0 aliphatic carbocycles. The maximum atomic E-state index is 4.57. The average molecular weight is 235 g/mol. The minimum Gasteiger partial charge on any atom is -0.256 e. The molecule has 0 aliphatic rings. The molecule has 0 amide bonds. The Kier molecular flexibility index (Phi) is 2.55. The number of hydrogen-bond acceptors (Lipinski definition) is 1. The highest BCUT2D eigenvalue weighted by Crippen LogP contribution is 2.25. The summed E-state index contributed by atoms with van der Waals surface area (Å²) in [6.07, 6.45) is 1.99. The summed E-state index contributed by atoms with van der Waals surface area (Å²) in [7, 11) is 0. The molecule has 0 spiro atoms. The third-order valence-electron chi connectivity index (χ3n) is 3.48. The summed E-state index contributed by atoms with van der Waals surface area (Å²) in [6.45, 7) is 6.54. The summed E-state index contributed by atoms with van der Waals surface area (Å²) >= 11 is 0. The van der Waals surface area contributed by atoms with Crippen LogP contribution in [0.25, 0.3) is 21.7 Å². The van der Waals surface area contributed by atoms with Gasteiger partial charge in [0.15, 0.2) is 0 Å². The van der Waals surface area contributed by atoms with E-state index in [1.807, 2.05) is 6.20 Å². The Bertz CT molecular complexity index is 726. The molecule has 1 heteroatoms. The first-order valence-corrected chi connectivity index (χ1v) is 6.43. The quantitative estimate of drug-likeness (QED) is 0.551. The number of aromatic nitrogens is 1. The maximum Gasteiger partial charge on any atom is 0.0708 e. The van der Waals surface area contributed by atoms with Gasteiger partial charge in [-0.15, -0.1) is 0 Å². The fourth-order valence-electron chi connectivity index (χ4n) is 2.33. The van der Waals surface area contributed by atoms with E-state index in [2.05, 4.69) is 62.2 Å². The lowest BCUT2D eigenvalue weighted by Gasteiger charge is -2.07. The average Bonchev–Trinajstić information content (AvgIpc) is 2.35. The van der Waals surface area contributed by atoms with Crippen molar-refractivity contribution in [2.24, 2.45) is 0 Å². The topological polar surface area (TPSA) is 12.9 Å². The second kappa shape index (κ2) is 4.09. The Labute approximate surface area is 107 Å². The van der Waals surface area contributed by atoms with Crippen LogP contribution in [0.2, 0.25) is 0 Å². The maximum absolute atomic E-state index is 4.57. The highest BCUT2D eigenvalue weighted by Gasteiger charge is 2.03. The van der Waals surface area contributed by atoms with E-state index in [0.29, 0.717) is 5.92 Å². The second-order valence-corrected chi connectivity index (χ2v) is 5.32. The van der Waals surface area contributed by atoms with E-state index in [9.17, 15) is 0 Å². The normalized spacial score (nSPS) is 11.6. The van der Waals surface area contributed by atoms with Crippen LogP contribution in [0.15, 0.2) is 42.6 Å². The summed E-state index contributed by atoms with van der Waals surface area (Å²) < 4.78 is 0. The molecule has 0 aliphatic heterocycles. The molecule has 0 N–H and O–H groups in total. The zero-order valence-corrected chi connectivity index (χ0v) is 11.1. The van der Waals surface area contributed by atoms with Crippen LogP contribution < -0.4 is 0 Å². The smallest absolute Gasteiger partial charge is 0.0708 e. The zero-order valence-electron chi connectivity index (χ0n) is 11.1. The molecule has 2 aromatic carbocycles. The molecule has 3 rings (SSSR count). The number of nitrogens with zero attached hydrogens (tertiary/aromatic N) is 1. The van der Waals surface area contributed by atoms with Gasteiger partial charge in [0, 0.05) is 11.6 Å². The van der Waals surface area contributed by atoms with Gasteiger partial charge in [-0.1, -0.05) is 37.6 Å². The summed E-state index contributed by atoms with van der Waals surface area (Å²) in [5.74, 6) is 0.523. The molecule has 1 aromatic heterocycles. The van der Waals surface area contributed by atoms with Gasteiger partial charge in [-0.25, -0.2) is 0 Å². The van der Waals surface area contributed by atoms with Gasteiger partial charge in [0.2, 0.25) is 0 Å². The largest absolute Gasteiger partial charge is 0.256 e. The number of rotatable bonds is 1. The predicted octanol–water partition coefficient (Wildman–Crippen LogP) is 4.82. The van der Waals surface area contributed by atoms with E-state index in [4.69, 9.17) is 0 Å². The fourth-order valence-corrected chi connectivity index (χ4v) is 2.33. The number of pyridine rings is 1. The second-order valence-electron chi connectivity index (χ2n) is 5.32. The first-order valence-electron chi connectivity index (χ1n) is 6.43. The number of aryl methyl sites for hydroxylation is 1. The van der Waals surface area contributed by atoms with Gasteiger partial charge in [-0.2, -0.15) is 0 Å². The van der Waals surface area contributed by atoms with Gasteiger partial charge < -0.3 is 0 Å². The summed E-state index contributed by atoms with van der Waals surface area (Å²) in [5.41, 5.74) is 3.68. The van der Waals surface area contributed by atoms with Crippen LogP contribution in [0.1, 0.15) is 30.9 Å². The number of hydrogen-bond donors (Lipinski definition) is 0. The molecule has 0 bridgehead atoms. The summed E-state index contributed by atoms with van der Waals surface area (Å²) in [4.78, 5) is 4.57. The zero-order chi connectivity index (χ0) is 12.7. The van der Waals surface area contributed by atoms with Crippen molar-refractivity contribution in [3.63, 3.8) is 0 Å². The third-order valence-corrected chi connectivity index (χ3v) is 3.48. The van der Waals surface area contributed by atoms with Gasteiger partial charge in [-0.05, 0) is 47.4 Å². The van der Waals surface area contributed by atoms with Gasteiger partial charge in [0.1, 0.15) is 0 Å². The first kappa shape index (κ1) is 11.2. The van der Waals surface area contributed by atoms with Crippen LogP contribution in [0.5, 0.6) is 0 Å². The van der Waals surface area contributed by atoms with Crippen molar-refractivity contribution in [1.82, 2.24) is 4.98 Å². The molecule has 1 nitrogen and oxygen atoms in total. The molecule has 1 heterocycles. The Morgan fingerprint density at radius 1 is 0.889 bits per heavy atom. The first-order chi connectivity index (χ1) is 8.63. The Morgan fingerprint density at radius 2 is 1.72 bits per heavy atom. The van der Waals surface area contributed by atoms with E-state index in [1.165, 1.54) is 27.3 Å². The minimum absolute atomic E-state index is 0.523. The molecule has 0 fully saturated rings. The Hall–Kier alpha value is -1.89. The van der Waals surface area contributed by atoms with Crippen molar-refractivity contribution >= 4 is 21.7 Å². The fraction of sp³-hybridized carbons (Fsp3) is 0.235. The number of benzene rings is 2. The molecule has 0 unspecified atom stereocenters. The van der Waals surface area contributed by atoms with Crippen LogP contribution in [0.3, 0.4) is 0 Å². The predicted molar refractivity (Wildman–Crippen MR) is 78.1 cm³/mol. The molecule has 90 valence electrons. The van der Waals surface area contributed by atoms with Crippen LogP contribution in [-0.2, 0) is 0 Å². The monoisotopic (exact) mass is 235 g/mol. The molecule has 18 heavy (non-hydrogen) atoms. The van der Waals surface area contributed by atoms with E-state index < -0.39 is 0 Å². The van der Waals surface area contributed by atoms with Crippen LogP contribution in [0, 0.1) is 6.92 Å².